The molecule has 1 aliphatic heterocycles. The molecule has 1 atom stereocenters. The summed E-state index contributed by atoms with van der Waals surface area (Å²) >= 11 is 0. The van der Waals surface area contributed by atoms with Gasteiger partial charge in [-0.25, -0.2) is 12.8 Å². The van der Waals surface area contributed by atoms with Gasteiger partial charge in [-0.2, -0.15) is 4.31 Å². The topological polar surface area (TPSA) is 80.5 Å². The Bertz CT molecular complexity index is 615. The lowest BCUT2D eigenvalue weighted by atomic mass is 10.2. The van der Waals surface area contributed by atoms with Gasteiger partial charge >= 0.3 is 0 Å². The van der Waals surface area contributed by atoms with Crippen LogP contribution in [0, 0.1) is 12.7 Å². The Labute approximate surface area is 111 Å². The maximum absolute atomic E-state index is 13.2. The first kappa shape index (κ1) is 14.0. The Balaban J connectivity index is 2.48. The van der Waals surface area contributed by atoms with Crippen LogP contribution in [-0.4, -0.2) is 31.2 Å². The van der Waals surface area contributed by atoms with E-state index in [1.165, 1.54) is 12.1 Å². The van der Waals surface area contributed by atoms with Gasteiger partial charge in [0.05, 0.1) is 4.90 Å². The molecule has 0 aliphatic carbocycles. The molecule has 1 aliphatic rings. The molecule has 1 fully saturated rings. The molecule has 19 heavy (non-hydrogen) atoms. The Morgan fingerprint density at radius 1 is 1.47 bits per heavy atom. The maximum Gasteiger partial charge on any atom is 0.244 e. The normalized spacial score (nSPS) is 20.6. The molecular formula is C12H15FN2O3S. The third-order valence-corrected chi connectivity index (χ3v) is 5.32. The van der Waals surface area contributed by atoms with E-state index in [0.717, 1.165) is 10.4 Å². The highest BCUT2D eigenvalue weighted by molar-refractivity contribution is 7.89. The van der Waals surface area contributed by atoms with Crippen LogP contribution in [0.4, 0.5) is 4.39 Å². The van der Waals surface area contributed by atoms with Crippen molar-refractivity contribution in [2.45, 2.75) is 30.7 Å². The number of carbonyl (C=O) groups excluding carboxylic acids is 1. The Morgan fingerprint density at radius 2 is 2.16 bits per heavy atom. The van der Waals surface area contributed by atoms with Gasteiger partial charge in [-0.05, 0) is 37.5 Å². The number of rotatable bonds is 3. The van der Waals surface area contributed by atoms with E-state index >= 15 is 0 Å². The molecular weight excluding hydrogens is 271 g/mol. The van der Waals surface area contributed by atoms with E-state index in [1.807, 2.05) is 0 Å². The quantitative estimate of drug-likeness (QED) is 0.891. The van der Waals surface area contributed by atoms with Crippen molar-refractivity contribution in [1.82, 2.24) is 4.31 Å². The van der Waals surface area contributed by atoms with Gasteiger partial charge < -0.3 is 5.73 Å². The first-order chi connectivity index (χ1) is 8.84. The standard InChI is InChI=1S/C12H15FN2O3S/c1-8-4-5-9(13)7-11(8)19(17,18)15-6-2-3-10(15)12(14)16/h4-5,7,10H,2-3,6H2,1H3,(H2,14,16). The maximum atomic E-state index is 13.2. The van der Waals surface area contributed by atoms with Gasteiger partial charge in [-0.1, -0.05) is 6.07 Å². The minimum Gasteiger partial charge on any atom is -0.368 e. The van der Waals surface area contributed by atoms with Gasteiger partial charge in [0.25, 0.3) is 0 Å². The molecule has 5 nitrogen and oxygen atoms in total. The molecule has 0 saturated carbocycles. The van der Waals surface area contributed by atoms with E-state index in [0.29, 0.717) is 18.4 Å². The van der Waals surface area contributed by atoms with Crippen LogP contribution in [0.25, 0.3) is 0 Å². The number of amides is 1. The summed E-state index contributed by atoms with van der Waals surface area (Å²) in [5.74, 6) is -1.30. The Morgan fingerprint density at radius 3 is 2.79 bits per heavy atom. The molecule has 1 amide bonds. The van der Waals surface area contributed by atoms with E-state index in [1.54, 1.807) is 6.92 Å². The summed E-state index contributed by atoms with van der Waals surface area (Å²) in [5, 5.41) is 0. The largest absolute Gasteiger partial charge is 0.368 e. The van der Waals surface area contributed by atoms with Crippen molar-refractivity contribution in [3.8, 4) is 0 Å². The van der Waals surface area contributed by atoms with Gasteiger partial charge in [-0.15, -0.1) is 0 Å². The van der Waals surface area contributed by atoms with Crippen molar-refractivity contribution in [3.05, 3.63) is 29.6 Å². The minimum atomic E-state index is -3.89. The van der Waals surface area contributed by atoms with Crippen molar-refractivity contribution in [2.75, 3.05) is 6.54 Å². The van der Waals surface area contributed by atoms with Crippen LogP contribution in [-0.2, 0) is 14.8 Å². The number of nitrogens with two attached hydrogens (primary N) is 1. The summed E-state index contributed by atoms with van der Waals surface area (Å²) in [4.78, 5) is 11.2. The molecule has 1 aromatic carbocycles. The number of halogens is 1. The lowest BCUT2D eigenvalue weighted by Crippen LogP contribution is -2.43. The van der Waals surface area contributed by atoms with Crippen LogP contribution < -0.4 is 5.73 Å². The minimum absolute atomic E-state index is 0.111. The highest BCUT2D eigenvalue weighted by Crippen LogP contribution is 2.28. The van der Waals surface area contributed by atoms with Crippen molar-refractivity contribution in [3.63, 3.8) is 0 Å². The molecule has 2 rings (SSSR count). The van der Waals surface area contributed by atoms with Crippen molar-refractivity contribution in [1.29, 1.82) is 0 Å². The molecule has 0 radical (unpaired) electrons. The zero-order valence-electron chi connectivity index (χ0n) is 10.5. The molecule has 0 aromatic heterocycles. The summed E-state index contributed by atoms with van der Waals surface area (Å²) in [6.07, 6.45) is 0.976. The number of carbonyl (C=O) groups is 1. The molecule has 104 valence electrons. The Hall–Kier alpha value is -1.47. The fourth-order valence-corrected chi connectivity index (χ4v) is 4.19. The van der Waals surface area contributed by atoms with Gasteiger partial charge in [-0.3, -0.25) is 4.79 Å². The monoisotopic (exact) mass is 286 g/mol. The van der Waals surface area contributed by atoms with E-state index in [2.05, 4.69) is 0 Å². The smallest absolute Gasteiger partial charge is 0.244 e. The highest BCUT2D eigenvalue weighted by atomic mass is 32.2. The van der Waals surface area contributed by atoms with E-state index in [-0.39, 0.29) is 11.4 Å². The Kier molecular flexibility index (Phi) is 3.60. The van der Waals surface area contributed by atoms with Gasteiger partial charge in [0.15, 0.2) is 0 Å². The summed E-state index contributed by atoms with van der Waals surface area (Å²) in [7, 11) is -3.89. The fourth-order valence-electron chi connectivity index (χ4n) is 2.29. The second kappa shape index (κ2) is 4.90. The van der Waals surface area contributed by atoms with Crippen molar-refractivity contribution < 1.29 is 17.6 Å². The molecule has 1 aromatic rings. The van der Waals surface area contributed by atoms with Crippen LogP contribution in [0.5, 0.6) is 0 Å². The average molecular weight is 286 g/mol. The van der Waals surface area contributed by atoms with E-state index < -0.39 is 27.8 Å². The van der Waals surface area contributed by atoms with Crippen LogP contribution >= 0.6 is 0 Å². The molecule has 2 N–H and O–H groups in total. The summed E-state index contributed by atoms with van der Waals surface area (Å²) in [6.45, 7) is 1.81. The van der Waals surface area contributed by atoms with E-state index in [9.17, 15) is 17.6 Å². The molecule has 0 bridgehead atoms. The lowest BCUT2D eigenvalue weighted by Gasteiger charge is -2.22. The number of benzene rings is 1. The van der Waals surface area contributed by atoms with Crippen LogP contribution in [0.15, 0.2) is 23.1 Å². The zero-order chi connectivity index (χ0) is 14.2. The molecule has 0 spiro atoms. The van der Waals surface area contributed by atoms with Crippen molar-refractivity contribution in [2.24, 2.45) is 5.73 Å². The number of primary amides is 1. The highest BCUT2D eigenvalue weighted by Gasteiger charge is 2.39. The summed E-state index contributed by atoms with van der Waals surface area (Å²) in [6, 6.07) is 2.73. The number of aryl methyl sites for hydroxylation is 1. The lowest BCUT2D eigenvalue weighted by molar-refractivity contribution is -0.121. The number of sulfonamides is 1. The van der Waals surface area contributed by atoms with Crippen LogP contribution in [0.3, 0.4) is 0 Å². The summed E-state index contributed by atoms with van der Waals surface area (Å²) < 4.78 is 39.3. The SMILES string of the molecule is Cc1ccc(F)cc1S(=O)(=O)N1CCCC1C(N)=O. The number of hydrogen-bond acceptors (Lipinski definition) is 3. The summed E-state index contributed by atoms with van der Waals surface area (Å²) in [5.41, 5.74) is 5.65. The average Bonchev–Trinajstić information content (AvgIpc) is 2.82. The second-order valence-electron chi connectivity index (χ2n) is 4.59. The number of nitrogens with zero attached hydrogens (tertiary/aromatic N) is 1. The fraction of sp³-hybridized carbons (Fsp3) is 0.417. The predicted octanol–water partition coefficient (Wildman–Crippen LogP) is 0.773. The van der Waals surface area contributed by atoms with Gasteiger partial charge in [0, 0.05) is 6.54 Å². The molecule has 1 heterocycles. The van der Waals surface area contributed by atoms with E-state index in [4.69, 9.17) is 5.73 Å². The third kappa shape index (κ3) is 2.48. The van der Waals surface area contributed by atoms with Gasteiger partial charge in [0.1, 0.15) is 11.9 Å². The first-order valence-electron chi connectivity index (χ1n) is 5.91. The van der Waals surface area contributed by atoms with Gasteiger partial charge in [0.2, 0.25) is 15.9 Å². The second-order valence-corrected chi connectivity index (χ2v) is 6.44. The van der Waals surface area contributed by atoms with Crippen LogP contribution in [0.1, 0.15) is 18.4 Å². The molecule has 7 heteroatoms. The van der Waals surface area contributed by atoms with Crippen molar-refractivity contribution >= 4 is 15.9 Å². The number of hydrogen-bond donors (Lipinski definition) is 1. The predicted molar refractivity (Wildman–Crippen MR) is 67.2 cm³/mol. The zero-order valence-corrected chi connectivity index (χ0v) is 11.3. The first-order valence-corrected chi connectivity index (χ1v) is 7.35. The van der Waals surface area contributed by atoms with Crippen LogP contribution in [0.2, 0.25) is 0 Å². The third-order valence-electron chi connectivity index (χ3n) is 3.27. The molecule has 1 saturated heterocycles. The molecule has 1 unspecified atom stereocenters.